The van der Waals surface area contributed by atoms with Crippen LogP contribution in [0.3, 0.4) is 0 Å². The van der Waals surface area contributed by atoms with Crippen LogP contribution in [-0.4, -0.2) is 6.71 Å². The van der Waals surface area contributed by atoms with E-state index in [4.69, 9.17) is 4.74 Å². The van der Waals surface area contributed by atoms with Gasteiger partial charge in [0.05, 0.1) is 11.1 Å². The molecule has 0 bridgehead atoms. The van der Waals surface area contributed by atoms with Gasteiger partial charge in [0.2, 0.25) is 6.71 Å². The van der Waals surface area contributed by atoms with Crippen molar-refractivity contribution < 1.29 is 4.74 Å². The van der Waals surface area contributed by atoms with Crippen molar-refractivity contribution in [3.8, 4) is 56.0 Å². The van der Waals surface area contributed by atoms with Crippen LogP contribution in [0, 0.1) is 0 Å². The summed E-state index contributed by atoms with van der Waals surface area (Å²) < 4.78 is 7.15. The molecule has 3 heterocycles. The lowest BCUT2D eigenvalue weighted by atomic mass is 9.29. The molecule has 0 aromatic heterocycles. The number of nitrogens with zero attached hydrogens (tertiary/aromatic N) is 1. The maximum atomic E-state index is 7.15. The Morgan fingerprint density at radius 3 is 1.17 bits per heavy atom. The van der Waals surface area contributed by atoms with E-state index in [1.54, 1.807) is 0 Å². The minimum absolute atomic E-state index is 0.0204. The van der Waals surface area contributed by atoms with Crippen LogP contribution in [-0.2, 0) is 37.9 Å². The number of anilines is 3. The summed E-state index contributed by atoms with van der Waals surface area (Å²) in [6.45, 7) is 42.0. The normalized spacial score (nSPS) is 14.4. The highest BCUT2D eigenvalue weighted by molar-refractivity contribution is 6.99. The van der Waals surface area contributed by atoms with Crippen LogP contribution in [0.15, 0.2) is 206 Å². The molecule has 3 aliphatic rings. The van der Waals surface area contributed by atoms with Crippen molar-refractivity contribution in [2.75, 3.05) is 4.90 Å². The van der Waals surface area contributed by atoms with Gasteiger partial charge in [-0.15, -0.1) is 0 Å². The molecule has 10 aromatic carbocycles. The fourth-order valence-corrected chi connectivity index (χ4v) is 14.3. The first-order valence-corrected chi connectivity index (χ1v) is 32.2. The predicted octanol–water partition coefficient (Wildman–Crippen LogP) is 21.2. The Bertz CT molecular complexity index is 4270. The first-order chi connectivity index (χ1) is 41.4. The fourth-order valence-electron chi connectivity index (χ4n) is 14.3. The summed E-state index contributed by atoms with van der Waals surface area (Å²) in [6, 6.07) is 80.7. The van der Waals surface area contributed by atoms with Gasteiger partial charge in [-0.3, -0.25) is 0 Å². The van der Waals surface area contributed by atoms with E-state index in [9.17, 15) is 0 Å². The predicted molar refractivity (Wildman–Crippen MR) is 378 cm³/mol. The minimum Gasteiger partial charge on any atom is -0.457 e. The zero-order chi connectivity index (χ0) is 62.4. The van der Waals surface area contributed by atoms with Gasteiger partial charge in [-0.2, -0.15) is 0 Å². The molecule has 0 amide bonds. The van der Waals surface area contributed by atoms with E-state index in [1.165, 1.54) is 122 Å². The molecule has 0 radical (unpaired) electrons. The number of hydrogen-bond donors (Lipinski definition) is 0. The molecule has 88 heavy (non-hydrogen) atoms. The Hall–Kier alpha value is -8.14. The number of hydrogen-bond acceptors (Lipinski definition) is 2. The zero-order valence-corrected chi connectivity index (χ0v) is 55.6. The average molecular weight is 1150 g/mol. The zero-order valence-electron chi connectivity index (χ0n) is 55.6. The van der Waals surface area contributed by atoms with Crippen LogP contribution in [0.1, 0.15) is 180 Å². The Balaban J connectivity index is 1.23. The highest BCUT2D eigenvalue weighted by atomic mass is 16.5. The summed E-state index contributed by atoms with van der Waals surface area (Å²) in [6.07, 6.45) is 0. The van der Waals surface area contributed by atoms with E-state index in [2.05, 4.69) is 336 Å². The molecule has 0 atom stereocenters. The van der Waals surface area contributed by atoms with Crippen LogP contribution in [0.4, 0.5) is 17.1 Å². The standard InChI is InChI=1S/C85H88BNO/c1-79(2,3)59-39-33-53(34-40-59)65-49-63(83(13,14)15)50-66(54-35-41-60(42-36-54)80(4,5)6)78(65)87-73-48-58(56-26-24-28-62(46-56)82(10,11)12)38-44-72(73)86-71-43-37-57(55-25-23-27-61(45-55)81(7,8)9)47-69(71)85(70-51-64(84(16,17)18)52-74(87)77(70)86)67-29-19-21-31-75(67)88-76-32-22-20-30-68(76)85/h19-52H,1-18H3. The maximum Gasteiger partial charge on any atom is 0.247 e. The van der Waals surface area contributed by atoms with Gasteiger partial charge in [0.25, 0.3) is 0 Å². The monoisotopic (exact) mass is 1150 g/mol. The van der Waals surface area contributed by atoms with Crippen molar-refractivity contribution in [3.05, 3.63) is 262 Å². The Kier molecular flexibility index (Phi) is 13.7. The number of para-hydroxylation sites is 2. The molecule has 2 nitrogen and oxygen atoms in total. The first kappa shape index (κ1) is 58.9. The van der Waals surface area contributed by atoms with E-state index < -0.39 is 5.41 Å². The average Bonchev–Trinajstić information content (AvgIpc) is 0.720. The second-order valence-electron chi connectivity index (χ2n) is 31.9. The smallest absolute Gasteiger partial charge is 0.247 e. The van der Waals surface area contributed by atoms with Gasteiger partial charge in [0.15, 0.2) is 0 Å². The van der Waals surface area contributed by atoms with Crippen molar-refractivity contribution in [2.24, 2.45) is 0 Å². The van der Waals surface area contributed by atoms with Crippen LogP contribution in [0.5, 0.6) is 11.5 Å². The molecule has 1 spiro atoms. The topological polar surface area (TPSA) is 12.5 Å². The van der Waals surface area contributed by atoms with Crippen LogP contribution >= 0.6 is 0 Å². The van der Waals surface area contributed by atoms with Gasteiger partial charge in [0, 0.05) is 33.6 Å². The molecule has 3 heteroatoms. The van der Waals surface area contributed by atoms with E-state index in [0.717, 1.165) is 22.6 Å². The summed E-state index contributed by atoms with van der Waals surface area (Å²) in [5.41, 5.74) is 28.5. The van der Waals surface area contributed by atoms with Crippen molar-refractivity contribution in [1.82, 2.24) is 0 Å². The largest absolute Gasteiger partial charge is 0.457 e. The number of ether oxygens (including phenoxy) is 1. The lowest BCUT2D eigenvalue weighted by molar-refractivity contribution is 0.435. The van der Waals surface area contributed by atoms with Gasteiger partial charge >= 0.3 is 0 Å². The van der Waals surface area contributed by atoms with Gasteiger partial charge in [0.1, 0.15) is 11.5 Å². The Morgan fingerprint density at radius 1 is 0.295 bits per heavy atom. The molecular formula is C85H88BNO. The second kappa shape index (κ2) is 20.5. The third kappa shape index (κ3) is 9.87. The third-order valence-corrected chi connectivity index (χ3v) is 19.6. The molecular weight excluding hydrogens is 1060 g/mol. The molecule has 0 saturated carbocycles. The summed E-state index contributed by atoms with van der Waals surface area (Å²) in [7, 11) is 0. The summed E-state index contributed by atoms with van der Waals surface area (Å²) in [5.74, 6) is 1.77. The summed E-state index contributed by atoms with van der Waals surface area (Å²) >= 11 is 0. The van der Waals surface area contributed by atoms with Crippen LogP contribution in [0.2, 0.25) is 0 Å². The molecule has 13 rings (SSSR count). The van der Waals surface area contributed by atoms with E-state index in [-0.39, 0.29) is 39.2 Å². The maximum absolute atomic E-state index is 7.15. The highest BCUT2D eigenvalue weighted by Gasteiger charge is 2.55. The van der Waals surface area contributed by atoms with Gasteiger partial charge in [-0.1, -0.05) is 300 Å². The van der Waals surface area contributed by atoms with E-state index >= 15 is 0 Å². The van der Waals surface area contributed by atoms with Crippen molar-refractivity contribution in [3.63, 3.8) is 0 Å². The number of benzene rings is 10. The van der Waals surface area contributed by atoms with E-state index in [1.807, 2.05) is 0 Å². The molecule has 10 aromatic rings. The van der Waals surface area contributed by atoms with Gasteiger partial charge < -0.3 is 9.64 Å². The Morgan fingerprint density at radius 2 is 0.705 bits per heavy atom. The number of fused-ring (bicyclic) bond motifs is 10. The quantitative estimate of drug-likeness (QED) is 0.159. The molecule has 442 valence electrons. The molecule has 0 saturated heterocycles. The molecule has 3 aliphatic heterocycles. The van der Waals surface area contributed by atoms with E-state index in [0.29, 0.717) is 0 Å². The van der Waals surface area contributed by atoms with Crippen LogP contribution in [0.25, 0.3) is 44.5 Å². The van der Waals surface area contributed by atoms with Crippen molar-refractivity contribution in [2.45, 2.75) is 163 Å². The SMILES string of the molecule is CC(C)(C)c1ccc(-c2cc(C(C)(C)C)cc(-c3ccc(C(C)(C)C)cc3)c2N2c3cc(-c4cccc(C(C)(C)C)c4)ccc3B3c4ccc(-c5cccc(C(C)(C)C)c5)cc4C4(c5ccccc5Oc5ccccc54)c4cc(C(C)(C)C)cc2c43)cc1. The lowest BCUT2D eigenvalue weighted by Gasteiger charge is -2.51. The van der Waals surface area contributed by atoms with Crippen LogP contribution < -0.4 is 26.0 Å². The fraction of sp³-hybridized carbons (Fsp3) is 0.294. The minimum atomic E-state index is -0.801. The molecule has 0 fully saturated rings. The Labute approximate surface area is 527 Å². The number of rotatable bonds is 5. The first-order valence-electron chi connectivity index (χ1n) is 32.2. The second-order valence-corrected chi connectivity index (χ2v) is 31.9. The summed E-state index contributed by atoms with van der Waals surface area (Å²) in [4.78, 5) is 2.76. The lowest BCUT2D eigenvalue weighted by Crippen LogP contribution is -2.65. The summed E-state index contributed by atoms with van der Waals surface area (Å²) in [5, 5.41) is 0. The van der Waals surface area contributed by atoms with Gasteiger partial charge in [-0.05, 0) is 158 Å². The molecule has 0 N–H and O–H groups in total. The van der Waals surface area contributed by atoms with Crippen molar-refractivity contribution >= 4 is 40.2 Å². The molecule has 0 unspecified atom stereocenters. The van der Waals surface area contributed by atoms with Crippen molar-refractivity contribution in [1.29, 1.82) is 0 Å². The third-order valence-electron chi connectivity index (χ3n) is 19.6. The molecule has 0 aliphatic carbocycles. The van der Waals surface area contributed by atoms with Gasteiger partial charge in [-0.25, -0.2) is 0 Å². The highest BCUT2D eigenvalue weighted by Crippen LogP contribution is 2.59.